The van der Waals surface area contributed by atoms with Gasteiger partial charge in [0.2, 0.25) is 0 Å². The van der Waals surface area contributed by atoms with E-state index >= 15 is 0 Å². The summed E-state index contributed by atoms with van der Waals surface area (Å²) in [6.45, 7) is 7.86. The molecule has 1 saturated heterocycles. The molecule has 0 N–H and O–H groups in total. The number of ether oxygens (including phenoxy) is 3. The molecule has 1 aliphatic rings. The van der Waals surface area contributed by atoms with Gasteiger partial charge in [-0.05, 0) is 33.8 Å². The first-order valence-electron chi connectivity index (χ1n) is 7.60. The van der Waals surface area contributed by atoms with E-state index in [0.29, 0.717) is 23.6 Å². The highest BCUT2D eigenvalue weighted by Crippen LogP contribution is 2.34. The number of carbonyl (C=O) groups is 2. The first-order chi connectivity index (χ1) is 11.1. The summed E-state index contributed by atoms with van der Waals surface area (Å²) in [7, 11) is 1.35. The second-order valence-electron chi connectivity index (χ2n) is 6.58. The maximum absolute atomic E-state index is 12.3. The number of nitrogens with zero attached hydrogens (tertiary/aromatic N) is 1. The van der Waals surface area contributed by atoms with Crippen LogP contribution in [0.4, 0.5) is 4.79 Å². The number of likely N-dealkylation sites (tertiary alicyclic amines) is 1. The van der Waals surface area contributed by atoms with Crippen molar-refractivity contribution in [1.82, 2.24) is 4.90 Å². The normalized spacial score (nSPS) is 20.8. The summed E-state index contributed by atoms with van der Waals surface area (Å²) < 4.78 is 16.2. The molecule has 0 aliphatic carbocycles. The van der Waals surface area contributed by atoms with Crippen molar-refractivity contribution in [2.45, 2.75) is 49.9 Å². The van der Waals surface area contributed by atoms with E-state index in [1.54, 1.807) is 4.90 Å². The molecule has 134 valence electrons. The van der Waals surface area contributed by atoms with Crippen molar-refractivity contribution in [2.24, 2.45) is 0 Å². The number of esters is 1. The topological polar surface area (TPSA) is 65.1 Å². The second-order valence-corrected chi connectivity index (χ2v) is 9.28. The van der Waals surface area contributed by atoms with Crippen LogP contribution in [0.5, 0.6) is 5.75 Å². The summed E-state index contributed by atoms with van der Waals surface area (Å²) >= 11 is 3.55. The molecule has 1 aliphatic heterocycles. The second kappa shape index (κ2) is 7.47. The highest BCUT2D eigenvalue weighted by Gasteiger charge is 2.38. The van der Waals surface area contributed by atoms with Crippen molar-refractivity contribution in [3.8, 4) is 5.75 Å². The largest absolute Gasteiger partial charge is 0.487 e. The first-order valence-corrected chi connectivity index (χ1v) is 9.66. The van der Waals surface area contributed by atoms with E-state index in [4.69, 9.17) is 14.2 Å². The minimum atomic E-state index is -0.533. The lowest BCUT2D eigenvalue weighted by Gasteiger charge is -2.26. The first kappa shape index (κ1) is 19.3. The molecule has 2 rings (SSSR count). The van der Waals surface area contributed by atoms with Gasteiger partial charge >= 0.3 is 12.1 Å². The van der Waals surface area contributed by atoms with Gasteiger partial charge in [-0.1, -0.05) is 22.6 Å². The summed E-state index contributed by atoms with van der Waals surface area (Å²) in [5, 5.41) is 0. The minimum Gasteiger partial charge on any atom is -0.487 e. The highest BCUT2D eigenvalue weighted by atomic mass is 127. The summed E-state index contributed by atoms with van der Waals surface area (Å²) in [5.74, 6) is 0.111. The van der Waals surface area contributed by atoms with Crippen molar-refractivity contribution in [3.05, 3.63) is 15.8 Å². The number of hydrogen-bond donors (Lipinski definition) is 0. The zero-order chi connectivity index (χ0) is 18.1. The summed E-state index contributed by atoms with van der Waals surface area (Å²) in [4.78, 5) is 27.2. The maximum atomic E-state index is 12.3. The molecule has 1 amide bonds. The SMILES string of the molecule is COC(=O)c1sc(C)cc1O[C@@H]1C[C@H](I)N(C(=O)OC(C)(C)C)C1. The molecule has 0 aromatic carbocycles. The summed E-state index contributed by atoms with van der Waals surface area (Å²) in [6.07, 6.45) is 0.148. The molecule has 0 saturated carbocycles. The van der Waals surface area contributed by atoms with Gasteiger partial charge in [0.1, 0.15) is 17.5 Å². The molecule has 6 nitrogen and oxygen atoms in total. The molecule has 8 heteroatoms. The fourth-order valence-corrected chi connectivity index (χ4v) is 4.22. The Labute approximate surface area is 159 Å². The molecule has 1 aromatic heterocycles. The molecule has 2 heterocycles. The Morgan fingerprint density at radius 1 is 1.38 bits per heavy atom. The Balaban J connectivity index is 2.06. The molecule has 1 aromatic rings. The van der Waals surface area contributed by atoms with Crippen LogP contribution in [0.15, 0.2) is 6.07 Å². The van der Waals surface area contributed by atoms with E-state index in [0.717, 1.165) is 4.88 Å². The van der Waals surface area contributed by atoms with Gasteiger partial charge in [0, 0.05) is 11.3 Å². The Bertz CT molecular complexity index is 624. The van der Waals surface area contributed by atoms with Crippen molar-refractivity contribution in [2.75, 3.05) is 13.7 Å². The number of hydrogen-bond acceptors (Lipinski definition) is 6. The number of methoxy groups -OCH3 is 1. The smallest absolute Gasteiger partial charge is 0.411 e. The number of aryl methyl sites for hydroxylation is 1. The molecule has 0 unspecified atom stereocenters. The predicted molar refractivity (Wildman–Crippen MR) is 100 cm³/mol. The monoisotopic (exact) mass is 467 g/mol. The fourth-order valence-electron chi connectivity index (χ4n) is 2.34. The number of thiophene rings is 1. The van der Waals surface area contributed by atoms with Crippen LogP contribution in [0.1, 0.15) is 41.7 Å². The predicted octanol–water partition coefficient (Wildman–Crippen LogP) is 3.99. The van der Waals surface area contributed by atoms with Gasteiger partial charge in [-0.25, -0.2) is 9.59 Å². The van der Waals surface area contributed by atoms with Crippen LogP contribution < -0.4 is 4.74 Å². The van der Waals surface area contributed by atoms with Gasteiger partial charge in [-0.15, -0.1) is 11.3 Å². The summed E-state index contributed by atoms with van der Waals surface area (Å²) in [6, 6.07) is 1.83. The van der Waals surface area contributed by atoms with E-state index in [9.17, 15) is 9.59 Å². The van der Waals surface area contributed by atoms with Crippen molar-refractivity contribution >= 4 is 46.0 Å². The number of alkyl halides is 1. The van der Waals surface area contributed by atoms with Gasteiger partial charge in [0.15, 0.2) is 4.88 Å². The summed E-state index contributed by atoms with van der Waals surface area (Å²) in [5.41, 5.74) is -0.533. The Morgan fingerprint density at radius 2 is 2.04 bits per heavy atom. The number of halogens is 1. The van der Waals surface area contributed by atoms with Gasteiger partial charge in [0.25, 0.3) is 0 Å². The average Bonchev–Trinajstić information content (AvgIpc) is 2.99. The molecule has 2 atom stereocenters. The average molecular weight is 467 g/mol. The van der Waals surface area contributed by atoms with E-state index in [1.807, 2.05) is 33.8 Å². The van der Waals surface area contributed by atoms with Crippen LogP contribution in [0.2, 0.25) is 0 Å². The van der Waals surface area contributed by atoms with Gasteiger partial charge in [0.05, 0.1) is 17.7 Å². The molecular formula is C16H22INO5S. The molecule has 24 heavy (non-hydrogen) atoms. The standard InChI is InChI=1S/C16H22INO5S/c1-9-6-11(13(24-9)14(19)21-5)22-10-7-12(17)18(8-10)15(20)23-16(2,3)4/h6,10,12H,7-8H2,1-5H3/t10-,12-/m1/s1. The zero-order valence-electron chi connectivity index (χ0n) is 14.4. The van der Waals surface area contributed by atoms with Gasteiger partial charge in [-0.3, -0.25) is 4.90 Å². The van der Waals surface area contributed by atoms with Crippen molar-refractivity contribution in [3.63, 3.8) is 0 Å². The van der Waals surface area contributed by atoms with Gasteiger partial charge in [-0.2, -0.15) is 0 Å². The van der Waals surface area contributed by atoms with Crippen LogP contribution in [-0.4, -0.2) is 46.4 Å². The van der Waals surface area contributed by atoms with Crippen LogP contribution in [0.3, 0.4) is 0 Å². The van der Waals surface area contributed by atoms with Crippen LogP contribution in [0, 0.1) is 6.92 Å². The van der Waals surface area contributed by atoms with E-state index < -0.39 is 11.6 Å². The van der Waals surface area contributed by atoms with Gasteiger partial charge < -0.3 is 14.2 Å². The maximum Gasteiger partial charge on any atom is 0.411 e. The fraction of sp³-hybridized carbons (Fsp3) is 0.625. The van der Waals surface area contributed by atoms with E-state index in [1.165, 1.54) is 18.4 Å². The molecule has 1 fully saturated rings. The van der Waals surface area contributed by atoms with E-state index in [2.05, 4.69) is 22.6 Å². The Morgan fingerprint density at radius 3 is 2.62 bits per heavy atom. The third-order valence-corrected chi connectivity index (χ3v) is 5.50. The molecular weight excluding hydrogens is 445 g/mol. The highest BCUT2D eigenvalue weighted by molar-refractivity contribution is 14.1. The van der Waals surface area contributed by atoms with Crippen LogP contribution in [0.25, 0.3) is 0 Å². The number of carbonyl (C=O) groups excluding carboxylic acids is 2. The third-order valence-electron chi connectivity index (χ3n) is 3.31. The minimum absolute atomic E-state index is 0.0104. The van der Waals surface area contributed by atoms with Crippen LogP contribution >= 0.6 is 33.9 Å². The van der Waals surface area contributed by atoms with Crippen LogP contribution in [-0.2, 0) is 9.47 Å². The number of amides is 1. The molecule has 0 bridgehead atoms. The lowest BCUT2D eigenvalue weighted by molar-refractivity contribution is 0.0265. The van der Waals surface area contributed by atoms with Crippen molar-refractivity contribution < 1.29 is 23.8 Å². The third kappa shape index (κ3) is 4.75. The lowest BCUT2D eigenvalue weighted by atomic mass is 10.2. The quantitative estimate of drug-likeness (QED) is 0.291. The van der Waals surface area contributed by atoms with E-state index in [-0.39, 0.29) is 16.2 Å². The molecule has 0 radical (unpaired) electrons. The Kier molecular flexibility index (Phi) is 6.00. The Hall–Kier alpha value is -1.03. The van der Waals surface area contributed by atoms with Crippen molar-refractivity contribution in [1.29, 1.82) is 0 Å². The molecule has 0 spiro atoms. The zero-order valence-corrected chi connectivity index (χ0v) is 17.4. The lowest BCUT2D eigenvalue weighted by Crippen LogP contribution is -2.38. The number of rotatable bonds is 3.